The van der Waals surface area contributed by atoms with Crippen molar-refractivity contribution in [2.24, 2.45) is 10.7 Å². The Morgan fingerprint density at radius 1 is 1.27 bits per heavy atom. The highest BCUT2D eigenvalue weighted by atomic mass is 35.5. The van der Waals surface area contributed by atoms with Crippen molar-refractivity contribution in [3.8, 4) is 6.19 Å². The van der Waals surface area contributed by atoms with E-state index in [4.69, 9.17) is 34.2 Å². The Hall–Kier alpha value is -2.64. The fourth-order valence-electron chi connectivity index (χ4n) is 5.27. The van der Waals surface area contributed by atoms with Crippen LogP contribution < -0.4 is 16.0 Å². The minimum atomic E-state index is -0.232. The number of aliphatic imine (C=N–C) groups is 1. The molecule has 2 fully saturated rings. The Labute approximate surface area is 229 Å². The first-order valence-corrected chi connectivity index (χ1v) is 13.4. The van der Waals surface area contributed by atoms with Gasteiger partial charge in [0.2, 0.25) is 5.96 Å². The lowest BCUT2D eigenvalue weighted by atomic mass is 9.97. The van der Waals surface area contributed by atoms with Gasteiger partial charge in [-0.1, -0.05) is 36.2 Å². The highest BCUT2D eigenvalue weighted by Crippen LogP contribution is 2.30. The molecule has 0 radical (unpaired) electrons. The maximum absolute atomic E-state index is 14.2. The number of benzene rings is 1. The molecule has 2 aromatic rings. The van der Waals surface area contributed by atoms with Crippen molar-refractivity contribution in [2.45, 2.75) is 51.4 Å². The Morgan fingerprint density at radius 2 is 2.05 bits per heavy atom. The summed E-state index contributed by atoms with van der Waals surface area (Å²) in [5.74, 6) is 0.618. The normalized spacial score (nSPS) is 20.1. The Kier molecular flexibility index (Phi) is 9.43. The van der Waals surface area contributed by atoms with Gasteiger partial charge in [0.05, 0.1) is 11.6 Å². The van der Waals surface area contributed by atoms with Crippen molar-refractivity contribution in [3.05, 3.63) is 57.5 Å². The molecule has 0 unspecified atom stereocenters. The second kappa shape index (κ2) is 12.7. The van der Waals surface area contributed by atoms with E-state index in [1.807, 2.05) is 6.07 Å². The number of piperidine rings is 1. The number of nitrogens with two attached hydrogens (primary N) is 1. The lowest BCUT2D eigenvalue weighted by Crippen LogP contribution is -2.58. The minimum Gasteiger partial charge on any atom is -0.369 e. The standard InChI is InChI=1S/C26H33Cl2FN8.H2/c1-2-21-16-36(25-23(28)11-18(13-32-25)14-33-26(31)34-17-30)9-10-37(21)22-5-7-35(8-6-22)15-19-3-4-20(27)12-24(19)29;/h3-4,11-13,21-22H,2,5-10,14-16H2,1H3,(H3,31,33,34);1H/t21-;/m0./s1. The van der Waals surface area contributed by atoms with Gasteiger partial charge in [-0.05, 0) is 56.1 Å². The first kappa shape index (κ1) is 27.4. The molecule has 200 valence electrons. The van der Waals surface area contributed by atoms with Gasteiger partial charge in [-0.3, -0.25) is 15.1 Å². The van der Waals surface area contributed by atoms with E-state index in [1.165, 1.54) is 6.07 Å². The lowest BCUT2D eigenvalue weighted by Gasteiger charge is -2.47. The second-order valence-electron chi connectivity index (χ2n) is 9.58. The van der Waals surface area contributed by atoms with Gasteiger partial charge < -0.3 is 10.6 Å². The van der Waals surface area contributed by atoms with Crippen molar-refractivity contribution in [1.29, 1.82) is 5.26 Å². The summed E-state index contributed by atoms with van der Waals surface area (Å²) in [6, 6.07) is 7.73. The molecule has 2 aliphatic heterocycles. The van der Waals surface area contributed by atoms with E-state index in [0.29, 0.717) is 40.8 Å². The molecule has 1 aromatic carbocycles. The number of hydrogen-bond donors (Lipinski definition) is 2. The summed E-state index contributed by atoms with van der Waals surface area (Å²) in [7, 11) is 0. The number of aromatic nitrogens is 1. The molecule has 0 aliphatic carbocycles. The van der Waals surface area contributed by atoms with Crippen LogP contribution in [0.1, 0.15) is 38.7 Å². The van der Waals surface area contributed by atoms with Crippen LogP contribution in [0.4, 0.5) is 10.2 Å². The summed E-state index contributed by atoms with van der Waals surface area (Å²) in [6.45, 7) is 7.73. The number of pyridine rings is 1. The van der Waals surface area contributed by atoms with E-state index in [-0.39, 0.29) is 13.2 Å². The summed E-state index contributed by atoms with van der Waals surface area (Å²) in [5.41, 5.74) is 7.13. The van der Waals surface area contributed by atoms with Gasteiger partial charge in [0.25, 0.3) is 0 Å². The number of halogens is 3. The maximum atomic E-state index is 14.2. The molecule has 37 heavy (non-hydrogen) atoms. The fourth-order valence-corrected chi connectivity index (χ4v) is 5.74. The number of nitrogens with one attached hydrogen (secondary N) is 1. The van der Waals surface area contributed by atoms with Crippen molar-refractivity contribution < 1.29 is 5.82 Å². The van der Waals surface area contributed by atoms with Gasteiger partial charge in [-0.2, -0.15) is 5.26 Å². The molecule has 2 aliphatic rings. The van der Waals surface area contributed by atoms with Crippen molar-refractivity contribution >= 4 is 35.0 Å². The third-order valence-electron chi connectivity index (χ3n) is 7.23. The molecular formula is C26H35Cl2FN8. The fraction of sp³-hybridized carbons (Fsp3) is 0.500. The molecule has 8 nitrogen and oxygen atoms in total. The molecule has 0 amide bonds. The van der Waals surface area contributed by atoms with Gasteiger partial charge in [-0.15, -0.1) is 0 Å². The predicted octanol–water partition coefficient (Wildman–Crippen LogP) is 4.22. The highest BCUT2D eigenvalue weighted by molar-refractivity contribution is 6.33. The number of nitrogens with zero attached hydrogens (tertiary/aromatic N) is 6. The van der Waals surface area contributed by atoms with E-state index in [1.54, 1.807) is 24.5 Å². The van der Waals surface area contributed by atoms with Crippen molar-refractivity contribution in [3.63, 3.8) is 0 Å². The smallest absolute Gasteiger partial charge is 0.202 e. The largest absolute Gasteiger partial charge is 0.369 e. The van der Waals surface area contributed by atoms with Crippen LogP contribution in [0.15, 0.2) is 35.5 Å². The summed E-state index contributed by atoms with van der Waals surface area (Å²) < 4.78 is 14.2. The molecular weight excluding hydrogens is 514 g/mol. The quantitative estimate of drug-likeness (QED) is 0.231. The van der Waals surface area contributed by atoms with E-state index in [0.717, 1.165) is 63.4 Å². The van der Waals surface area contributed by atoms with Gasteiger partial charge in [-0.25, -0.2) is 14.4 Å². The van der Waals surface area contributed by atoms with E-state index >= 15 is 0 Å². The van der Waals surface area contributed by atoms with E-state index < -0.39 is 0 Å². The number of likely N-dealkylation sites (tertiary alicyclic amines) is 1. The Balaban J connectivity index is 0.00000400. The summed E-state index contributed by atoms with van der Waals surface area (Å²) in [4.78, 5) is 16.0. The number of piperazine rings is 1. The number of rotatable bonds is 7. The molecule has 11 heteroatoms. The Bertz CT molecular complexity index is 1150. The number of guanidine groups is 1. The van der Waals surface area contributed by atoms with Gasteiger partial charge in [0.15, 0.2) is 6.19 Å². The number of nitriles is 1. The first-order chi connectivity index (χ1) is 17.9. The highest BCUT2D eigenvalue weighted by Gasteiger charge is 2.34. The van der Waals surface area contributed by atoms with Crippen LogP contribution in [0.5, 0.6) is 0 Å². The lowest BCUT2D eigenvalue weighted by molar-refractivity contribution is 0.0607. The van der Waals surface area contributed by atoms with Gasteiger partial charge >= 0.3 is 0 Å². The van der Waals surface area contributed by atoms with Crippen LogP contribution in [0.2, 0.25) is 10.0 Å². The molecule has 1 atom stereocenters. The Morgan fingerprint density at radius 3 is 2.73 bits per heavy atom. The van der Waals surface area contributed by atoms with Crippen molar-refractivity contribution in [1.82, 2.24) is 20.1 Å². The van der Waals surface area contributed by atoms with Gasteiger partial charge in [0, 0.05) is 56.5 Å². The van der Waals surface area contributed by atoms with Crippen LogP contribution in [-0.2, 0) is 13.1 Å². The second-order valence-corrected chi connectivity index (χ2v) is 10.4. The molecule has 0 bridgehead atoms. The summed E-state index contributed by atoms with van der Waals surface area (Å²) in [5, 5.41) is 11.9. The zero-order valence-electron chi connectivity index (χ0n) is 21.0. The SMILES string of the molecule is CC[C@H]1CN(c2ncc(CN=C(N)NC#N)cc2Cl)CCN1C1CCN(Cc2ccc(Cl)cc2F)CC1.[HH]. The average Bonchev–Trinajstić information content (AvgIpc) is 2.89. The minimum absolute atomic E-state index is 0. The summed E-state index contributed by atoms with van der Waals surface area (Å²) in [6.07, 6.45) is 6.69. The average molecular weight is 550 g/mol. The predicted molar refractivity (Wildman–Crippen MR) is 148 cm³/mol. The number of hydrogen-bond acceptors (Lipinski definition) is 6. The van der Waals surface area contributed by atoms with Crippen LogP contribution in [0, 0.1) is 17.3 Å². The third-order valence-corrected chi connectivity index (χ3v) is 7.74. The topological polar surface area (TPSA) is 96.8 Å². The molecule has 0 spiro atoms. The molecule has 4 rings (SSSR count). The zero-order valence-corrected chi connectivity index (χ0v) is 22.5. The molecule has 1 aromatic heterocycles. The van der Waals surface area contributed by atoms with Crippen LogP contribution in [0.25, 0.3) is 0 Å². The van der Waals surface area contributed by atoms with E-state index in [9.17, 15) is 4.39 Å². The molecule has 3 N–H and O–H groups in total. The van der Waals surface area contributed by atoms with Crippen LogP contribution >= 0.6 is 23.2 Å². The monoisotopic (exact) mass is 548 g/mol. The molecule has 2 saturated heterocycles. The summed E-state index contributed by atoms with van der Waals surface area (Å²) >= 11 is 12.5. The van der Waals surface area contributed by atoms with Gasteiger partial charge in [0.1, 0.15) is 11.6 Å². The number of anilines is 1. The third kappa shape index (κ3) is 7.02. The maximum Gasteiger partial charge on any atom is 0.202 e. The first-order valence-electron chi connectivity index (χ1n) is 12.6. The van der Waals surface area contributed by atoms with E-state index in [2.05, 4.69) is 36.9 Å². The molecule has 0 saturated carbocycles. The molecule has 3 heterocycles. The zero-order chi connectivity index (χ0) is 26.4. The van der Waals surface area contributed by atoms with Crippen LogP contribution in [0.3, 0.4) is 0 Å². The van der Waals surface area contributed by atoms with Crippen LogP contribution in [-0.4, -0.2) is 65.6 Å². The van der Waals surface area contributed by atoms with Crippen molar-refractivity contribution in [2.75, 3.05) is 37.6 Å².